The van der Waals surface area contributed by atoms with E-state index in [1.54, 1.807) is 19.1 Å². The first-order valence-corrected chi connectivity index (χ1v) is 10.5. The molecule has 1 atom stereocenters. The van der Waals surface area contributed by atoms with Gasteiger partial charge in [0.25, 0.3) is 11.7 Å². The number of rotatable bonds is 6. The number of hydrogen-bond donors (Lipinski definition) is 4. The van der Waals surface area contributed by atoms with E-state index in [9.17, 15) is 28.0 Å². The van der Waals surface area contributed by atoms with Crippen LogP contribution in [-0.4, -0.2) is 35.2 Å². The van der Waals surface area contributed by atoms with Gasteiger partial charge in [0.05, 0.1) is 16.8 Å². The quantitative estimate of drug-likeness (QED) is 0.360. The number of aryl methyl sites for hydroxylation is 1. The molecule has 1 amide bonds. The molecule has 0 aliphatic heterocycles. The molecule has 0 unspecified atom stereocenters. The summed E-state index contributed by atoms with van der Waals surface area (Å²) < 4.78 is 51.2. The van der Waals surface area contributed by atoms with E-state index in [-0.39, 0.29) is 21.9 Å². The van der Waals surface area contributed by atoms with Crippen LogP contribution in [0.3, 0.4) is 0 Å². The highest BCUT2D eigenvalue weighted by molar-refractivity contribution is 6.00. The fraction of sp³-hybridized carbons (Fsp3) is 0.409. The van der Waals surface area contributed by atoms with Crippen LogP contribution in [0.25, 0.3) is 0 Å². The Kier molecular flexibility index (Phi) is 6.64. The van der Waals surface area contributed by atoms with Crippen molar-refractivity contribution in [3.63, 3.8) is 0 Å². The molecule has 0 saturated heterocycles. The maximum Gasteiger partial charge on any atom is 0.417 e. The van der Waals surface area contributed by atoms with Gasteiger partial charge in [-0.25, -0.2) is 0 Å². The zero-order valence-corrected chi connectivity index (χ0v) is 20.0. The minimum absolute atomic E-state index is 0.101. The van der Waals surface area contributed by atoms with E-state index in [4.69, 9.17) is 9.05 Å². The number of benzene rings is 1. The summed E-state index contributed by atoms with van der Waals surface area (Å²) in [5, 5.41) is 18.6. The molecule has 0 aliphatic rings. The normalized spacial score (nSPS) is 12.9. The van der Waals surface area contributed by atoms with E-state index >= 15 is 0 Å². The number of H-pyrrole nitrogens is 1. The van der Waals surface area contributed by atoms with Crippen molar-refractivity contribution in [2.24, 2.45) is 5.41 Å². The number of nitrogens with zero attached hydrogens (tertiary/aromatic N) is 2. The van der Waals surface area contributed by atoms with Crippen LogP contribution >= 0.6 is 0 Å². The van der Waals surface area contributed by atoms with Gasteiger partial charge in [-0.1, -0.05) is 25.9 Å². The predicted molar refractivity (Wildman–Crippen MR) is 120 cm³/mol. The Balaban J connectivity index is 2.05. The SMILES string of the molecule is Cc1ccc([C@H](Nc2c(Nc3ccc(C(F)(F)F)c(C(=O)N(C)C)c3O)[nH]o[n+]2=O)C(C)(C)C)o1. The van der Waals surface area contributed by atoms with Crippen LogP contribution in [0, 0.1) is 17.2 Å². The van der Waals surface area contributed by atoms with Gasteiger partial charge < -0.3 is 19.7 Å². The van der Waals surface area contributed by atoms with Crippen molar-refractivity contribution in [1.29, 1.82) is 0 Å². The number of aromatic hydroxyl groups is 1. The van der Waals surface area contributed by atoms with Gasteiger partial charge in [0.2, 0.25) is 0 Å². The molecule has 13 heteroatoms. The molecule has 190 valence electrons. The van der Waals surface area contributed by atoms with Crippen LogP contribution in [-0.2, 0) is 6.18 Å². The maximum absolute atomic E-state index is 13.5. The van der Waals surface area contributed by atoms with Crippen molar-refractivity contribution < 1.29 is 36.7 Å². The number of carbonyl (C=O) groups is 1. The monoisotopic (exact) mass is 498 g/mol. The molecule has 3 aromatic rings. The lowest BCUT2D eigenvalue weighted by Crippen LogP contribution is -2.29. The fourth-order valence-corrected chi connectivity index (χ4v) is 3.44. The molecule has 0 bridgehead atoms. The average Bonchev–Trinajstić information content (AvgIpc) is 3.30. The van der Waals surface area contributed by atoms with Crippen molar-refractivity contribution in [3.8, 4) is 5.75 Å². The summed E-state index contributed by atoms with van der Waals surface area (Å²) in [5.74, 6) is -1.04. The maximum atomic E-state index is 13.5. The number of aromatic amines is 1. The summed E-state index contributed by atoms with van der Waals surface area (Å²) in [6.07, 6.45) is -4.88. The Hall–Kier alpha value is -3.90. The third-order valence-corrected chi connectivity index (χ3v) is 5.21. The molecule has 1 aromatic carbocycles. The Morgan fingerprint density at radius 1 is 1.17 bits per heavy atom. The van der Waals surface area contributed by atoms with Gasteiger partial charge >= 0.3 is 12.0 Å². The lowest BCUT2D eigenvalue weighted by molar-refractivity contribution is -0.701. The van der Waals surface area contributed by atoms with Crippen LogP contribution in [0.1, 0.15) is 54.3 Å². The number of halogens is 3. The lowest BCUT2D eigenvalue weighted by atomic mass is 9.85. The van der Waals surface area contributed by atoms with E-state index in [1.807, 2.05) is 20.8 Å². The first-order valence-electron chi connectivity index (χ1n) is 10.5. The van der Waals surface area contributed by atoms with Gasteiger partial charge in [0.1, 0.15) is 17.6 Å². The van der Waals surface area contributed by atoms with Gasteiger partial charge in [-0.2, -0.15) is 13.2 Å². The number of alkyl halides is 3. The topological polar surface area (TPSA) is 130 Å². The standard InChI is InChI=1S/C22H26F3N5O5/c1-11-7-10-14(34-11)17(21(2,3)4)27-19-18(28-35-30(19)33)26-13-9-8-12(22(23,24)25)15(16(13)31)20(32)29(5)6/h7-10,17H,1-6H3,(H3-,26,27,28,31,32,33)/p+1/t17-/m0/s1. The van der Waals surface area contributed by atoms with Gasteiger partial charge in [-0.3, -0.25) is 10.1 Å². The molecule has 0 saturated carbocycles. The van der Waals surface area contributed by atoms with Crippen molar-refractivity contribution in [2.45, 2.75) is 39.9 Å². The van der Waals surface area contributed by atoms with Crippen molar-refractivity contribution >= 4 is 23.2 Å². The van der Waals surface area contributed by atoms with Crippen LogP contribution < -0.4 is 15.2 Å². The van der Waals surface area contributed by atoms with E-state index in [1.165, 1.54) is 14.1 Å². The average molecular weight is 498 g/mol. The highest BCUT2D eigenvalue weighted by atomic mass is 19.4. The first-order chi connectivity index (χ1) is 16.1. The minimum atomic E-state index is -4.88. The number of amides is 1. The molecule has 0 aliphatic carbocycles. The van der Waals surface area contributed by atoms with Crippen molar-refractivity contribution in [1.82, 2.24) is 10.1 Å². The number of furan rings is 1. The Bertz CT molecular complexity index is 1280. The molecule has 0 spiro atoms. The number of phenolic OH excluding ortho intramolecular Hbond substituents is 1. The van der Waals surface area contributed by atoms with E-state index < -0.39 is 40.4 Å². The fourth-order valence-electron chi connectivity index (χ4n) is 3.44. The summed E-state index contributed by atoms with van der Waals surface area (Å²) in [6, 6.07) is 4.62. The van der Waals surface area contributed by atoms with Gasteiger partial charge in [0.15, 0.2) is 10.3 Å². The molecule has 10 nitrogen and oxygen atoms in total. The van der Waals surface area contributed by atoms with Crippen LogP contribution in [0.15, 0.2) is 33.3 Å². The second kappa shape index (κ2) is 9.04. The summed E-state index contributed by atoms with van der Waals surface area (Å²) in [7, 11) is 2.52. The summed E-state index contributed by atoms with van der Waals surface area (Å²) in [4.78, 5) is 25.7. The largest absolute Gasteiger partial charge is 0.505 e. The van der Waals surface area contributed by atoms with Crippen molar-refractivity contribution in [3.05, 3.63) is 51.8 Å². The van der Waals surface area contributed by atoms with E-state index in [0.29, 0.717) is 17.6 Å². The number of phenols is 1. The third-order valence-electron chi connectivity index (χ3n) is 5.21. The minimum Gasteiger partial charge on any atom is -0.505 e. The molecule has 4 N–H and O–H groups in total. The van der Waals surface area contributed by atoms with E-state index in [2.05, 4.69) is 15.8 Å². The molecule has 3 rings (SSSR count). The zero-order chi connectivity index (χ0) is 26.3. The lowest BCUT2D eigenvalue weighted by Gasteiger charge is -2.26. The Morgan fingerprint density at radius 2 is 1.83 bits per heavy atom. The number of nitrogens with one attached hydrogen (secondary N) is 3. The second-order valence-electron chi connectivity index (χ2n) is 9.27. The molecular formula is C22H27F3N5O5+. The van der Waals surface area contributed by atoms with Gasteiger partial charge in [0, 0.05) is 19.5 Å². The number of anilines is 3. The molecule has 0 radical (unpaired) electrons. The van der Waals surface area contributed by atoms with Crippen LogP contribution in [0.5, 0.6) is 5.75 Å². The first kappa shape index (κ1) is 25.7. The summed E-state index contributed by atoms with van der Waals surface area (Å²) >= 11 is 0. The summed E-state index contributed by atoms with van der Waals surface area (Å²) in [5.41, 5.74) is -2.94. The van der Waals surface area contributed by atoms with Crippen molar-refractivity contribution in [2.75, 3.05) is 24.7 Å². The predicted octanol–water partition coefficient (Wildman–Crippen LogP) is 4.79. The molecule has 2 heterocycles. The molecule has 2 aromatic heterocycles. The van der Waals surface area contributed by atoms with E-state index in [0.717, 1.165) is 11.0 Å². The highest BCUT2D eigenvalue weighted by Crippen LogP contribution is 2.42. The summed E-state index contributed by atoms with van der Waals surface area (Å²) in [6.45, 7) is 7.51. The zero-order valence-electron chi connectivity index (χ0n) is 20.0. The van der Waals surface area contributed by atoms with Crippen LogP contribution in [0.2, 0.25) is 0 Å². The highest BCUT2D eigenvalue weighted by Gasteiger charge is 2.39. The second-order valence-corrected chi connectivity index (χ2v) is 9.27. The third kappa shape index (κ3) is 5.28. The molecule has 0 fully saturated rings. The van der Waals surface area contributed by atoms with Gasteiger partial charge in [-0.15, -0.1) is 4.63 Å². The number of hydrogen-bond acceptors (Lipinski definition) is 7. The number of aromatic nitrogens is 2. The van der Waals surface area contributed by atoms with Gasteiger partial charge in [-0.05, 0) is 36.1 Å². The number of carbonyl (C=O) groups excluding carboxylic acids is 1. The van der Waals surface area contributed by atoms with Crippen LogP contribution in [0.4, 0.5) is 30.5 Å². The Labute approximate surface area is 198 Å². The molecule has 35 heavy (non-hydrogen) atoms. The smallest absolute Gasteiger partial charge is 0.417 e. The molecular weight excluding hydrogens is 471 g/mol. The Morgan fingerprint density at radius 3 is 2.34 bits per heavy atom.